The molecule has 0 amide bonds. The molecule has 1 unspecified atom stereocenters. The fraction of sp³-hybridized carbons (Fsp3) is 0.333. The van der Waals surface area contributed by atoms with Crippen LogP contribution in [0.1, 0.15) is 11.1 Å². The quantitative estimate of drug-likeness (QED) is 0.632. The monoisotopic (exact) mass is 239 g/mol. The number of aryl methyl sites for hydroxylation is 1. The zero-order valence-electron chi connectivity index (χ0n) is 8.77. The van der Waals surface area contributed by atoms with E-state index in [1.807, 2.05) is 41.4 Å². The second-order valence-corrected chi connectivity index (χ2v) is 7.11. The normalized spacial score (nSPS) is 21.9. The molecule has 0 spiro atoms. The van der Waals surface area contributed by atoms with Gasteiger partial charge in [0.2, 0.25) is 0 Å². The Morgan fingerprint density at radius 1 is 1.40 bits per heavy atom. The van der Waals surface area contributed by atoms with Gasteiger partial charge in [0.1, 0.15) is 5.75 Å². The molecule has 1 aromatic carbocycles. The van der Waals surface area contributed by atoms with Crippen molar-refractivity contribution < 1.29 is 5.11 Å². The second kappa shape index (κ2) is 4.99. The Kier molecular flexibility index (Phi) is 3.65. The largest absolute Gasteiger partial charge is 0.503 e. The predicted octanol–water partition coefficient (Wildman–Crippen LogP) is 3.17. The fourth-order valence-corrected chi connectivity index (χ4v) is 5.40. The molecule has 15 heavy (non-hydrogen) atoms. The van der Waals surface area contributed by atoms with Crippen LogP contribution in [0.5, 0.6) is 0 Å². The summed E-state index contributed by atoms with van der Waals surface area (Å²) < 4.78 is 0. The highest BCUT2D eigenvalue weighted by Gasteiger charge is 2.23. The summed E-state index contributed by atoms with van der Waals surface area (Å²) >= 11 is 1.98. The summed E-state index contributed by atoms with van der Waals surface area (Å²) in [6.07, 6.45) is 0. The van der Waals surface area contributed by atoms with Crippen molar-refractivity contribution in [2.75, 3.05) is 16.6 Å². The van der Waals surface area contributed by atoms with Crippen molar-refractivity contribution >= 4 is 28.4 Å². The van der Waals surface area contributed by atoms with Gasteiger partial charge in [0.05, 0.1) is 0 Å². The van der Waals surface area contributed by atoms with Crippen molar-refractivity contribution in [3.63, 3.8) is 0 Å². The lowest BCUT2D eigenvalue weighted by Crippen LogP contribution is -2.00. The van der Waals surface area contributed by atoms with Crippen LogP contribution in [-0.2, 0) is 10.9 Å². The molecule has 1 saturated heterocycles. The molecule has 0 saturated carbocycles. The van der Waals surface area contributed by atoms with Gasteiger partial charge in [0.15, 0.2) is 16.3 Å². The number of aliphatic hydroxyl groups excluding tert-OH is 1. The van der Waals surface area contributed by atoms with Crippen LogP contribution in [0.3, 0.4) is 0 Å². The number of hydrogen-bond acceptors (Lipinski definition) is 2. The molecule has 2 rings (SSSR count). The van der Waals surface area contributed by atoms with Gasteiger partial charge in [0, 0.05) is 22.2 Å². The highest BCUT2D eigenvalue weighted by molar-refractivity contribution is 8.18. The zero-order valence-corrected chi connectivity index (χ0v) is 10.4. The van der Waals surface area contributed by atoms with Gasteiger partial charge in [-0.05, 0) is 6.92 Å². The molecular formula is C12H15OS2+. The van der Waals surface area contributed by atoms with Crippen LogP contribution in [0.4, 0.5) is 0 Å². The first-order chi connectivity index (χ1) is 7.25. The van der Waals surface area contributed by atoms with E-state index in [2.05, 4.69) is 6.92 Å². The Morgan fingerprint density at radius 3 is 2.73 bits per heavy atom. The molecule has 1 aliphatic heterocycles. The predicted molar refractivity (Wildman–Crippen MR) is 71.3 cm³/mol. The maximum atomic E-state index is 9.93. The van der Waals surface area contributed by atoms with E-state index in [9.17, 15) is 5.11 Å². The molecule has 1 N–H and O–H groups in total. The van der Waals surface area contributed by atoms with Gasteiger partial charge >= 0.3 is 0 Å². The number of thioether (sulfide) groups is 1. The van der Waals surface area contributed by atoms with Crippen LogP contribution >= 0.6 is 11.8 Å². The van der Waals surface area contributed by atoms with E-state index < -0.39 is 0 Å². The van der Waals surface area contributed by atoms with Crippen LogP contribution in [0.15, 0.2) is 29.7 Å². The lowest BCUT2D eigenvalue weighted by atomic mass is 10.1. The van der Waals surface area contributed by atoms with Crippen molar-refractivity contribution in [3.8, 4) is 0 Å². The summed E-state index contributed by atoms with van der Waals surface area (Å²) in [4.78, 5) is 0. The van der Waals surface area contributed by atoms with E-state index in [-0.39, 0.29) is 10.9 Å². The van der Waals surface area contributed by atoms with Crippen LogP contribution in [-0.4, -0.2) is 21.7 Å². The molecular weight excluding hydrogens is 224 g/mol. The average Bonchev–Trinajstić information content (AvgIpc) is 2.71. The van der Waals surface area contributed by atoms with E-state index in [1.54, 1.807) is 0 Å². The molecule has 1 aromatic rings. The highest BCUT2D eigenvalue weighted by Crippen LogP contribution is 2.23. The fourth-order valence-electron chi connectivity index (χ4n) is 1.43. The van der Waals surface area contributed by atoms with E-state index >= 15 is 0 Å². The van der Waals surface area contributed by atoms with Gasteiger partial charge < -0.3 is 5.11 Å². The summed E-state index contributed by atoms with van der Waals surface area (Å²) in [6.45, 7) is 2.06. The molecule has 0 radical (unpaired) electrons. The summed E-state index contributed by atoms with van der Waals surface area (Å²) in [7, 11) is 0.288. The van der Waals surface area contributed by atoms with Crippen molar-refractivity contribution in [2.24, 2.45) is 0 Å². The third-order valence-electron chi connectivity index (χ3n) is 2.35. The maximum absolute atomic E-state index is 9.93. The summed E-state index contributed by atoms with van der Waals surface area (Å²) in [5.41, 5.74) is 2.16. The SMILES string of the molecule is Cc1ccc(/C(O)=C\[S+]2CCSC2)cc1. The molecule has 0 aromatic heterocycles. The van der Waals surface area contributed by atoms with Crippen LogP contribution < -0.4 is 0 Å². The maximum Gasteiger partial charge on any atom is 0.170 e. The standard InChI is InChI=1S/C12H14OS2/c1-10-2-4-11(5-3-10)12(13)8-15-7-6-14-9-15/h2-5,8H,6-7,9H2,1H3/p+1/b12-8+. The minimum absolute atomic E-state index is 0.288. The Balaban J connectivity index is 2.12. The van der Waals surface area contributed by atoms with Gasteiger partial charge in [0.25, 0.3) is 0 Å². The Bertz CT molecular complexity index is 350. The minimum Gasteiger partial charge on any atom is -0.503 e. The third-order valence-corrected chi connectivity index (χ3v) is 6.26. The van der Waals surface area contributed by atoms with Crippen molar-refractivity contribution in [3.05, 3.63) is 40.8 Å². The van der Waals surface area contributed by atoms with E-state index in [1.165, 1.54) is 22.2 Å². The van der Waals surface area contributed by atoms with Crippen molar-refractivity contribution in [2.45, 2.75) is 6.92 Å². The van der Waals surface area contributed by atoms with Crippen LogP contribution in [0.2, 0.25) is 0 Å². The summed E-state index contributed by atoms with van der Waals surface area (Å²) in [5, 5.41) is 13.1. The number of rotatable bonds is 2. The van der Waals surface area contributed by atoms with Gasteiger partial charge in [-0.2, -0.15) is 0 Å². The molecule has 1 heterocycles. The molecule has 0 bridgehead atoms. The minimum atomic E-state index is 0.288. The molecule has 1 nitrogen and oxygen atoms in total. The highest BCUT2D eigenvalue weighted by atomic mass is 32.2. The van der Waals surface area contributed by atoms with E-state index in [0.29, 0.717) is 5.76 Å². The second-order valence-electron chi connectivity index (χ2n) is 3.64. The van der Waals surface area contributed by atoms with Crippen LogP contribution in [0.25, 0.3) is 5.76 Å². The van der Waals surface area contributed by atoms with E-state index in [4.69, 9.17) is 0 Å². The Hall–Kier alpha value is -0.540. The number of hydrogen-bond donors (Lipinski definition) is 1. The topological polar surface area (TPSA) is 20.2 Å². The molecule has 1 aliphatic rings. The first-order valence-electron chi connectivity index (χ1n) is 4.97. The lowest BCUT2D eigenvalue weighted by Gasteiger charge is -1.99. The molecule has 1 fully saturated rings. The molecule has 80 valence electrons. The molecule has 3 heteroatoms. The zero-order chi connectivity index (χ0) is 10.7. The molecule has 0 aliphatic carbocycles. The summed E-state index contributed by atoms with van der Waals surface area (Å²) in [5.74, 6) is 2.90. The van der Waals surface area contributed by atoms with Gasteiger partial charge in [-0.15, -0.1) is 11.8 Å². The van der Waals surface area contributed by atoms with Crippen LogP contribution in [0, 0.1) is 6.92 Å². The number of benzene rings is 1. The van der Waals surface area contributed by atoms with Crippen molar-refractivity contribution in [1.82, 2.24) is 0 Å². The first kappa shape index (κ1) is 11.0. The average molecular weight is 239 g/mol. The smallest absolute Gasteiger partial charge is 0.170 e. The number of aliphatic hydroxyl groups is 1. The lowest BCUT2D eigenvalue weighted by molar-refractivity contribution is 0.513. The van der Waals surface area contributed by atoms with Gasteiger partial charge in [-0.3, -0.25) is 0 Å². The molecule has 1 atom stereocenters. The van der Waals surface area contributed by atoms with Crippen molar-refractivity contribution in [1.29, 1.82) is 0 Å². The Labute approximate surface area is 97.9 Å². The Morgan fingerprint density at radius 2 is 2.13 bits per heavy atom. The van der Waals surface area contributed by atoms with Gasteiger partial charge in [-0.25, -0.2) is 0 Å². The summed E-state index contributed by atoms with van der Waals surface area (Å²) in [6, 6.07) is 8.03. The van der Waals surface area contributed by atoms with Gasteiger partial charge in [-0.1, -0.05) is 29.8 Å². The first-order valence-corrected chi connectivity index (χ1v) is 7.75. The third kappa shape index (κ3) is 2.95. The van der Waals surface area contributed by atoms with E-state index in [0.717, 1.165) is 5.56 Å².